The summed E-state index contributed by atoms with van der Waals surface area (Å²) in [6.07, 6.45) is 1.27. The van der Waals surface area contributed by atoms with E-state index in [-0.39, 0.29) is 37.3 Å². The van der Waals surface area contributed by atoms with Crippen LogP contribution in [0.5, 0.6) is 5.75 Å². The number of ether oxygens (including phenoxy) is 2. The number of amides is 3. The largest absolute Gasteiger partial charge is 0.497 e. The van der Waals surface area contributed by atoms with Crippen LogP contribution in [0.1, 0.15) is 54.2 Å². The molecule has 0 unspecified atom stereocenters. The summed E-state index contributed by atoms with van der Waals surface area (Å²) in [6, 6.07) is 19.5. The maximum atomic E-state index is 14.5. The molecule has 3 aliphatic rings. The number of carbonyl (C=O) groups excluding carboxylic acids is 3. The van der Waals surface area contributed by atoms with Crippen molar-refractivity contribution in [2.75, 3.05) is 30.5 Å². The first kappa shape index (κ1) is 33.4. The first-order valence-electron chi connectivity index (χ1n) is 16.3. The Hall–Kier alpha value is -4.51. The van der Waals surface area contributed by atoms with E-state index in [9.17, 15) is 24.6 Å². The summed E-state index contributed by atoms with van der Waals surface area (Å²) >= 11 is 0. The van der Waals surface area contributed by atoms with E-state index in [0.29, 0.717) is 41.2 Å². The number of hydrogen-bond donors (Lipinski definition) is 3. The third-order valence-electron chi connectivity index (χ3n) is 10.2. The molecule has 0 radical (unpaired) electrons. The van der Waals surface area contributed by atoms with Gasteiger partial charge in [-0.25, -0.2) is 0 Å². The molecule has 0 bridgehead atoms. The van der Waals surface area contributed by atoms with Gasteiger partial charge in [0.2, 0.25) is 5.91 Å². The first-order valence-corrected chi connectivity index (χ1v) is 16.3. The minimum atomic E-state index is -1.53. The molecule has 48 heavy (non-hydrogen) atoms. The highest BCUT2D eigenvalue weighted by Gasteiger charge is 2.66. The maximum absolute atomic E-state index is 14.5. The number of methoxy groups -OCH3 is 1. The van der Waals surface area contributed by atoms with Gasteiger partial charge in [0.1, 0.15) is 5.75 Å². The Morgan fingerprint density at radius 1 is 1.12 bits per heavy atom. The molecule has 6 rings (SSSR count). The summed E-state index contributed by atoms with van der Waals surface area (Å²) in [5, 5.41) is 24.7. The van der Waals surface area contributed by atoms with E-state index in [1.807, 2.05) is 31.2 Å². The van der Waals surface area contributed by atoms with Gasteiger partial charge in [0.15, 0.2) is 5.60 Å². The second-order valence-electron chi connectivity index (χ2n) is 13.5. The van der Waals surface area contributed by atoms with Crippen molar-refractivity contribution in [3.63, 3.8) is 0 Å². The second-order valence-corrected chi connectivity index (χ2v) is 13.5. The maximum Gasteiger partial charge on any atom is 0.264 e. The molecular formula is C38H43N3O7. The van der Waals surface area contributed by atoms with Crippen molar-refractivity contribution < 1.29 is 34.1 Å². The van der Waals surface area contributed by atoms with Crippen LogP contribution < -0.4 is 15.0 Å². The van der Waals surface area contributed by atoms with Crippen LogP contribution in [0.4, 0.5) is 11.4 Å². The lowest BCUT2D eigenvalue weighted by atomic mass is 9.70. The minimum absolute atomic E-state index is 0.0859. The third-order valence-corrected chi connectivity index (χ3v) is 10.2. The Morgan fingerprint density at radius 2 is 1.83 bits per heavy atom. The van der Waals surface area contributed by atoms with Gasteiger partial charge in [0.05, 0.1) is 43.6 Å². The number of aliphatic hydroxyl groups is 2. The summed E-state index contributed by atoms with van der Waals surface area (Å²) in [5.41, 5.74) is 1.35. The molecule has 3 N–H and O–H groups in total. The number of anilines is 2. The molecular weight excluding hydrogens is 610 g/mol. The molecule has 3 heterocycles. The molecule has 3 aromatic rings. The molecule has 3 aromatic carbocycles. The van der Waals surface area contributed by atoms with E-state index in [4.69, 9.17) is 9.47 Å². The van der Waals surface area contributed by atoms with Crippen molar-refractivity contribution in [1.29, 1.82) is 0 Å². The van der Waals surface area contributed by atoms with Gasteiger partial charge >= 0.3 is 0 Å². The summed E-state index contributed by atoms with van der Waals surface area (Å²) in [6.45, 7) is 9.47. The van der Waals surface area contributed by atoms with Crippen LogP contribution in [0.3, 0.4) is 0 Å². The zero-order chi connectivity index (χ0) is 34.4. The number of nitrogens with one attached hydrogen (secondary N) is 1. The van der Waals surface area contributed by atoms with Crippen LogP contribution in [0.15, 0.2) is 79.4 Å². The molecule has 0 saturated carbocycles. The number of nitrogens with zero attached hydrogens (tertiary/aromatic N) is 2. The number of aliphatic hydroxyl groups excluding tert-OH is 1. The smallest absolute Gasteiger partial charge is 0.264 e. The van der Waals surface area contributed by atoms with E-state index in [1.165, 1.54) is 0 Å². The third kappa shape index (κ3) is 5.67. The van der Waals surface area contributed by atoms with Gasteiger partial charge in [-0.2, -0.15) is 0 Å². The Bertz CT molecular complexity index is 1730. The van der Waals surface area contributed by atoms with Crippen molar-refractivity contribution in [3.8, 4) is 5.75 Å². The highest BCUT2D eigenvalue weighted by atomic mass is 16.5. The second kappa shape index (κ2) is 12.8. The van der Waals surface area contributed by atoms with E-state index in [0.717, 1.165) is 11.1 Å². The van der Waals surface area contributed by atoms with Gasteiger partial charge in [0.25, 0.3) is 11.8 Å². The lowest BCUT2D eigenvalue weighted by Gasteiger charge is -2.38. The predicted octanol–water partition coefficient (Wildman–Crippen LogP) is 4.43. The molecule has 1 saturated heterocycles. The molecule has 1 spiro atoms. The number of carbonyl (C=O) groups is 3. The number of benzene rings is 3. The fourth-order valence-corrected chi connectivity index (χ4v) is 7.94. The average molecular weight is 654 g/mol. The Kier molecular flexibility index (Phi) is 8.93. The van der Waals surface area contributed by atoms with Crippen LogP contribution in [0.2, 0.25) is 0 Å². The highest BCUT2D eigenvalue weighted by molar-refractivity contribution is 6.09. The monoisotopic (exact) mass is 653 g/mol. The van der Waals surface area contributed by atoms with Crippen LogP contribution in [0.25, 0.3) is 0 Å². The van der Waals surface area contributed by atoms with Crippen LogP contribution in [-0.2, 0) is 32.9 Å². The summed E-state index contributed by atoms with van der Waals surface area (Å²) < 4.78 is 12.0. The summed E-state index contributed by atoms with van der Waals surface area (Å²) in [7, 11) is 1.56. The lowest BCUT2D eigenvalue weighted by molar-refractivity contribution is -0.151. The van der Waals surface area contributed by atoms with Gasteiger partial charge in [-0.15, -0.1) is 6.58 Å². The van der Waals surface area contributed by atoms with Crippen LogP contribution in [0, 0.1) is 11.8 Å². The van der Waals surface area contributed by atoms with E-state index >= 15 is 0 Å². The molecule has 10 heteroatoms. The zero-order valence-corrected chi connectivity index (χ0v) is 27.8. The quantitative estimate of drug-likeness (QED) is 0.292. The van der Waals surface area contributed by atoms with Crippen LogP contribution in [-0.4, -0.2) is 70.8 Å². The predicted molar refractivity (Wildman–Crippen MR) is 182 cm³/mol. The van der Waals surface area contributed by atoms with E-state index < -0.39 is 35.2 Å². The van der Waals surface area contributed by atoms with E-state index in [1.54, 1.807) is 79.3 Å². The molecule has 3 amide bonds. The average Bonchev–Trinajstić information content (AvgIpc) is 3.50. The standard InChI is InChI=1S/C38H43N3O7/c1-6-17-40-31-16-13-27(39-35(44)24-11-14-29(47-5)15-12-24)19-30(31)38(36(40)45)23(2)34(37(3,4)46)32(48-38)20-33(43)41-21-26-10-8-7-9-25(26)18-28(41)22-42/h6-16,19,23,28,32,34,42,46H,1,17-18,20-22H2,2-5H3,(H,39,44)/t23-,28-,32+,34-,38+/m0/s1. The molecule has 3 aliphatic heterocycles. The first-order chi connectivity index (χ1) is 22.9. The Labute approximate surface area is 281 Å². The van der Waals surface area contributed by atoms with Crippen molar-refractivity contribution in [3.05, 3.63) is 102 Å². The normalized spacial score (nSPS) is 24.8. The molecule has 5 atom stereocenters. The van der Waals surface area contributed by atoms with Crippen molar-refractivity contribution in [1.82, 2.24) is 4.90 Å². The Morgan fingerprint density at radius 3 is 2.48 bits per heavy atom. The molecule has 0 aromatic heterocycles. The van der Waals surface area contributed by atoms with Crippen molar-refractivity contribution >= 4 is 29.1 Å². The molecule has 10 nitrogen and oxygen atoms in total. The fourth-order valence-electron chi connectivity index (χ4n) is 7.94. The topological polar surface area (TPSA) is 129 Å². The molecule has 1 fully saturated rings. The number of fused-ring (bicyclic) bond motifs is 3. The SMILES string of the molecule is C=CCN1C(=O)[C@]2(O[C@H](CC(=O)N3Cc4ccccc4C[C@H]3CO)[C@@H](C(C)(C)O)[C@@H]2C)c2cc(NC(=O)c3ccc(OC)cc3)ccc21. The summed E-state index contributed by atoms with van der Waals surface area (Å²) in [4.78, 5) is 45.0. The van der Waals surface area contributed by atoms with Gasteiger partial charge in [-0.3, -0.25) is 14.4 Å². The van der Waals surface area contributed by atoms with Crippen LogP contribution >= 0.6 is 0 Å². The zero-order valence-electron chi connectivity index (χ0n) is 27.8. The molecule has 252 valence electrons. The van der Waals surface area contributed by atoms with Gasteiger partial charge in [-0.1, -0.05) is 37.3 Å². The summed E-state index contributed by atoms with van der Waals surface area (Å²) in [5.74, 6) is -1.40. The van der Waals surface area contributed by atoms with Gasteiger partial charge in [0, 0.05) is 41.7 Å². The van der Waals surface area contributed by atoms with E-state index in [2.05, 4.69) is 11.9 Å². The van der Waals surface area contributed by atoms with Gasteiger partial charge < -0.3 is 34.8 Å². The van der Waals surface area contributed by atoms with Crippen molar-refractivity contribution in [2.45, 2.75) is 63.5 Å². The number of hydrogen-bond acceptors (Lipinski definition) is 7. The number of rotatable bonds is 9. The molecule has 0 aliphatic carbocycles. The van der Waals surface area contributed by atoms with Crippen molar-refractivity contribution in [2.24, 2.45) is 11.8 Å². The minimum Gasteiger partial charge on any atom is -0.497 e. The Balaban J connectivity index is 1.34. The lowest BCUT2D eigenvalue weighted by Crippen LogP contribution is -2.48. The highest BCUT2D eigenvalue weighted by Crippen LogP contribution is 2.58. The fraction of sp³-hybridized carbons (Fsp3) is 0.395. The van der Waals surface area contributed by atoms with Gasteiger partial charge in [-0.05, 0) is 73.9 Å².